The van der Waals surface area contributed by atoms with Crippen LogP contribution in [0.3, 0.4) is 0 Å². The number of anilines is 1. The van der Waals surface area contributed by atoms with Crippen LogP contribution in [0.15, 0.2) is 24.3 Å². The number of rotatable bonds is 6. The van der Waals surface area contributed by atoms with Gasteiger partial charge in [-0.3, -0.25) is 0 Å². The normalized spacial score (nSPS) is 22.8. The molecule has 0 radical (unpaired) electrons. The average molecular weight is 284 g/mol. The highest BCUT2D eigenvalue weighted by molar-refractivity contribution is 5.47. The standard InChI is InChI=1S/C19H28N2/c1-2-12-21(13-3-1)18-10-4-15(5-11-18)14-20-19(16-6-7-16)17-8-9-17/h4-5,10-11,16-17,19-20H,1-3,6-9,12-14H2. The summed E-state index contributed by atoms with van der Waals surface area (Å²) in [5.74, 6) is 1.98. The molecule has 0 unspecified atom stereocenters. The second kappa shape index (κ2) is 6.00. The molecule has 2 aliphatic carbocycles. The first-order valence-electron chi connectivity index (χ1n) is 8.97. The van der Waals surface area contributed by atoms with Crippen molar-refractivity contribution in [3.8, 4) is 0 Å². The van der Waals surface area contributed by atoms with Crippen molar-refractivity contribution in [1.82, 2.24) is 5.32 Å². The van der Waals surface area contributed by atoms with Crippen molar-refractivity contribution < 1.29 is 0 Å². The van der Waals surface area contributed by atoms with Gasteiger partial charge in [0.2, 0.25) is 0 Å². The van der Waals surface area contributed by atoms with E-state index in [0.29, 0.717) is 0 Å². The zero-order valence-corrected chi connectivity index (χ0v) is 13.1. The van der Waals surface area contributed by atoms with Crippen LogP contribution in [-0.4, -0.2) is 19.1 Å². The smallest absolute Gasteiger partial charge is 0.0366 e. The van der Waals surface area contributed by atoms with Crippen LogP contribution in [0.5, 0.6) is 0 Å². The van der Waals surface area contributed by atoms with Gasteiger partial charge in [0.05, 0.1) is 0 Å². The first-order chi connectivity index (χ1) is 10.4. The van der Waals surface area contributed by atoms with Crippen LogP contribution < -0.4 is 10.2 Å². The molecular weight excluding hydrogens is 256 g/mol. The van der Waals surface area contributed by atoms with Crippen molar-refractivity contribution in [3.05, 3.63) is 29.8 Å². The van der Waals surface area contributed by atoms with Gasteiger partial charge >= 0.3 is 0 Å². The predicted octanol–water partition coefficient (Wildman–Crippen LogP) is 3.96. The highest BCUT2D eigenvalue weighted by atomic mass is 15.1. The van der Waals surface area contributed by atoms with Crippen LogP contribution >= 0.6 is 0 Å². The molecule has 2 nitrogen and oxygen atoms in total. The summed E-state index contributed by atoms with van der Waals surface area (Å²) in [4.78, 5) is 2.54. The maximum Gasteiger partial charge on any atom is 0.0366 e. The molecule has 4 rings (SSSR count). The van der Waals surface area contributed by atoms with Gasteiger partial charge in [0.25, 0.3) is 0 Å². The molecule has 2 saturated carbocycles. The molecule has 1 aromatic carbocycles. The van der Waals surface area contributed by atoms with E-state index in [9.17, 15) is 0 Å². The van der Waals surface area contributed by atoms with Crippen molar-refractivity contribution in [2.45, 2.75) is 57.5 Å². The molecule has 0 atom stereocenters. The Morgan fingerprint density at radius 3 is 2.10 bits per heavy atom. The van der Waals surface area contributed by atoms with Crippen molar-refractivity contribution >= 4 is 5.69 Å². The van der Waals surface area contributed by atoms with Crippen LogP contribution in [0.1, 0.15) is 50.5 Å². The molecule has 1 N–H and O–H groups in total. The molecule has 0 spiro atoms. The average Bonchev–Trinajstić information content (AvgIpc) is 3.43. The molecule has 1 aromatic rings. The third kappa shape index (κ3) is 3.42. The predicted molar refractivity (Wildman–Crippen MR) is 88.6 cm³/mol. The van der Waals surface area contributed by atoms with Crippen LogP contribution in [-0.2, 0) is 6.54 Å². The van der Waals surface area contributed by atoms with Gasteiger partial charge in [0.1, 0.15) is 0 Å². The van der Waals surface area contributed by atoms with E-state index < -0.39 is 0 Å². The number of benzene rings is 1. The van der Waals surface area contributed by atoms with Crippen molar-refractivity contribution in [3.63, 3.8) is 0 Å². The fourth-order valence-corrected chi connectivity index (χ4v) is 3.84. The van der Waals surface area contributed by atoms with Crippen LogP contribution in [0.4, 0.5) is 5.69 Å². The molecule has 0 aromatic heterocycles. The minimum Gasteiger partial charge on any atom is -0.372 e. The summed E-state index contributed by atoms with van der Waals surface area (Å²) in [6, 6.07) is 10.1. The molecule has 2 heteroatoms. The van der Waals surface area contributed by atoms with Gasteiger partial charge in [-0.25, -0.2) is 0 Å². The summed E-state index contributed by atoms with van der Waals surface area (Å²) in [6.45, 7) is 3.53. The van der Waals surface area contributed by atoms with Gasteiger partial charge in [-0.2, -0.15) is 0 Å². The quantitative estimate of drug-likeness (QED) is 0.850. The fourth-order valence-electron chi connectivity index (χ4n) is 3.84. The molecule has 0 bridgehead atoms. The second-order valence-corrected chi connectivity index (χ2v) is 7.30. The summed E-state index contributed by atoms with van der Waals surface area (Å²) in [6.07, 6.45) is 9.96. The molecule has 1 heterocycles. The number of nitrogens with zero attached hydrogens (tertiary/aromatic N) is 1. The first kappa shape index (κ1) is 13.6. The number of nitrogens with one attached hydrogen (secondary N) is 1. The zero-order valence-electron chi connectivity index (χ0n) is 13.1. The van der Waals surface area contributed by atoms with E-state index in [4.69, 9.17) is 0 Å². The van der Waals surface area contributed by atoms with E-state index in [-0.39, 0.29) is 0 Å². The van der Waals surface area contributed by atoms with E-state index in [0.717, 1.165) is 24.4 Å². The number of piperidine rings is 1. The molecule has 3 fully saturated rings. The SMILES string of the molecule is c1cc(N2CCCCC2)ccc1CNC(C1CC1)C1CC1. The van der Waals surface area contributed by atoms with E-state index in [1.807, 2.05) is 0 Å². The Morgan fingerprint density at radius 2 is 1.52 bits per heavy atom. The monoisotopic (exact) mass is 284 g/mol. The first-order valence-corrected chi connectivity index (χ1v) is 8.97. The topological polar surface area (TPSA) is 15.3 Å². The Balaban J connectivity index is 1.32. The van der Waals surface area contributed by atoms with Crippen molar-refractivity contribution in [1.29, 1.82) is 0 Å². The zero-order chi connectivity index (χ0) is 14.1. The third-order valence-electron chi connectivity index (χ3n) is 5.46. The lowest BCUT2D eigenvalue weighted by Gasteiger charge is -2.29. The van der Waals surface area contributed by atoms with Crippen LogP contribution in [0.25, 0.3) is 0 Å². The van der Waals surface area contributed by atoms with Gasteiger partial charge in [0.15, 0.2) is 0 Å². The van der Waals surface area contributed by atoms with Crippen molar-refractivity contribution in [2.75, 3.05) is 18.0 Å². The Labute approximate surface area is 128 Å². The molecule has 114 valence electrons. The van der Waals surface area contributed by atoms with Gasteiger partial charge in [-0.1, -0.05) is 12.1 Å². The van der Waals surface area contributed by atoms with E-state index in [2.05, 4.69) is 34.5 Å². The Morgan fingerprint density at radius 1 is 0.905 bits per heavy atom. The lowest BCUT2D eigenvalue weighted by atomic mass is 10.1. The van der Waals surface area contributed by atoms with Gasteiger partial charge in [-0.05, 0) is 74.5 Å². The summed E-state index contributed by atoms with van der Waals surface area (Å²) < 4.78 is 0. The van der Waals surface area contributed by atoms with Gasteiger partial charge in [-0.15, -0.1) is 0 Å². The maximum atomic E-state index is 3.85. The summed E-state index contributed by atoms with van der Waals surface area (Å²) in [7, 11) is 0. The lowest BCUT2D eigenvalue weighted by Crippen LogP contribution is -2.32. The Bertz CT molecular complexity index is 441. The summed E-state index contributed by atoms with van der Waals surface area (Å²) >= 11 is 0. The second-order valence-electron chi connectivity index (χ2n) is 7.30. The maximum absolute atomic E-state index is 3.85. The number of hydrogen-bond acceptors (Lipinski definition) is 2. The Kier molecular flexibility index (Phi) is 3.89. The fraction of sp³-hybridized carbons (Fsp3) is 0.684. The highest BCUT2D eigenvalue weighted by Gasteiger charge is 2.40. The van der Waals surface area contributed by atoms with Gasteiger partial charge < -0.3 is 10.2 Å². The molecular formula is C19H28N2. The largest absolute Gasteiger partial charge is 0.372 e. The van der Waals surface area contributed by atoms with Gasteiger partial charge in [0, 0.05) is 31.4 Å². The third-order valence-corrected chi connectivity index (χ3v) is 5.46. The van der Waals surface area contributed by atoms with E-state index >= 15 is 0 Å². The highest BCUT2D eigenvalue weighted by Crippen LogP contribution is 2.44. The Hall–Kier alpha value is -1.02. The molecule has 1 aliphatic heterocycles. The summed E-state index contributed by atoms with van der Waals surface area (Å²) in [5.41, 5.74) is 2.86. The molecule has 21 heavy (non-hydrogen) atoms. The lowest BCUT2D eigenvalue weighted by molar-refractivity contribution is 0.416. The molecule has 1 saturated heterocycles. The minimum atomic E-state index is 0.812. The summed E-state index contributed by atoms with van der Waals surface area (Å²) in [5, 5.41) is 3.85. The van der Waals surface area contributed by atoms with Crippen LogP contribution in [0, 0.1) is 11.8 Å². The van der Waals surface area contributed by atoms with E-state index in [1.54, 1.807) is 0 Å². The van der Waals surface area contributed by atoms with E-state index in [1.165, 1.54) is 69.3 Å². The minimum absolute atomic E-state index is 0.812. The number of hydrogen-bond donors (Lipinski definition) is 1. The van der Waals surface area contributed by atoms with Crippen molar-refractivity contribution in [2.24, 2.45) is 11.8 Å². The molecule has 3 aliphatic rings. The van der Waals surface area contributed by atoms with Crippen LogP contribution in [0.2, 0.25) is 0 Å². The molecule has 0 amide bonds.